The number of amides is 1. The van der Waals surface area contributed by atoms with Crippen molar-refractivity contribution < 1.29 is 27.9 Å². The molecule has 0 bridgehead atoms. The fraction of sp³-hybridized carbons (Fsp3) is 0.500. The van der Waals surface area contributed by atoms with Gasteiger partial charge in [-0.1, -0.05) is 0 Å². The van der Waals surface area contributed by atoms with Gasteiger partial charge in [0.05, 0.1) is 23.2 Å². The number of hydrogen-bond donors (Lipinski definition) is 2. The molecular weight excluding hydrogens is 334 g/mol. The van der Waals surface area contributed by atoms with Crippen LogP contribution in [-0.4, -0.2) is 50.9 Å². The van der Waals surface area contributed by atoms with E-state index < -0.39 is 21.7 Å². The molecule has 0 aliphatic heterocycles. The van der Waals surface area contributed by atoms with E-state index in [0.29, 0.717) is 24.8 Å². The van der Waals surface area contributed by atoms with Crippen LogP contribution in [0.2, 0.25) is 0 Å². The van der Waals surface area contributed by atoms with E-state index in [-0.39, 0.29) is 29.2 Å². The minimum Gasteiger partial charge on any atom is -0.481 e. The Bertz CT molecular complexity index is 698. The second-order valence-electron chi connectivity index (χ2n) is 5.85. The molecule has 1 aromatic rings. The predicted octanol–water partition coefficient (Wildman–Crippen LogP) is 1.09. The maximum atomic E-state index is 12.2. The molecule has 0 radical (unpaired) electrons. The number of hydrogen-bond acceptors (Lipinski definition) is 5. The lowest BCUT2D eigenvalue weighted by atomic mass is 10.1. The number of nitrogens with one attached hydrogen (secondary N) is 1. The Kier molecular flexibility index (Phi) is 5.95. The van der Waals surface area contributed by atoms with Crippen molar-refractivity contribution in [2.24, 2.45) is 5.92 Å². The van der Waals surface area contributed by atoms with Gasteiger partial charge >= 0.3 is 5.97 Å². The van der Waals surface area contributed by atoms with Gasteiger partial charge < -0.3 is 15.2 Å². The zero-order valence-electron chi connectivity index (χ0n) is 13.4. The van der Waals surface area contributed by atoms with Crippen molar-refractivity contribution >= 4 is 21.7 Å². The summed E-state index contributed by atoms with van der Waals surface area (Å²) in [7, 11) is -1.99. The Hall–Kier alpha value is -1.93. The molecule has 7 nitrogen and oxygen atoms in total. The van der Waals surface area contributed by atoms with Crippen LogP contribution in [-0.2, 0) is 19.4 Å². The Labute approximate surface area is 140 Å². The molecule has 0 heterocycles. The fourth-order valence-corrected chi connectivity index (χ4v) is 3.90. The van der Waals surface area contributed by atoms with E-state index in [4.69, 9.17) is 9.84 Å². The number of sulfone groups is 1. The number of carboxylic acids is 1. The Morgan fingerprint density at radius 1 is 1.25 bits per heavy atom. The van der Waals surface area contributed by atoms with Crippen molar-refractivity contribution in [2.45, 2.75) is 30.2 Å². The highest BCUT2D eigenvalue weighted by Crippen LogP contribution is 2.26. The summed E-state index contributed by atoms with van der Waals surface area (Å²) < 4.78 is 28.8. The molecular formula is C16H21NO6S. The van der Waals surface area contributed by atoms with Gasteiger partial charge in [-0.2, -0.15) is 0 Å². The number of carbonyl (C=O) groups excluding carboxylic acids is 1. The average molecular weight is 355 g/mol. The summed E-state index contributed by atoms with van der Waals surface area (Å²) in [4.78, 5) is 23.3. The summed E-state index contributed by atoms with van der Waals surface area (Å²) in [6.45, 7) is 0.108. The Balaban J connectivity index is 1.98. The number of benzene rings is 1. The van der Waals surface area contributed by atoms with Crippen LogP contribution in [0.3, 0.4) is 0 Å². The van der Waals surface area contributed by atoms with Crippen molar-refractivity contribution in [1.29, 1.82) is 0 Å². The number of carbonyl (C=O) groups is 2. The molecule has 1 aromatic carbocycles. The lowest BCUT2D eigenvalue weighted by Gasteiger charge is -2.12. The lowest BCUT2D eigenvalue weighted by molar-refractivity contribution is -0.141. The van der Waals surface area contributed by atoms with Crippen molar-refractivity contribution in [3.8, 4) is 0 Å². The largest absolute Gasteiger partial charge is 0.481 e. The molecule has 2 atom stereocenters. The molecule has 0 saturated heterocycles. The van der Waals surface area contributed by atoms with Crippen LogP contribution < -0.4 is 5.32 Å². The Morgan fingerprint density at radius 3 is 2.46 bits per heavy atom. The van der Waals surface area contributed by atoms with Crippen molar-refractivity contribution in [2.75, 3.05) is 19.5 Å². The first-order valence-corrected chi connectivity index (χ1v) is 9.34. The highest BCUT2D eigenvalue weighted by atomic mass is 32.2. The Morgan fingerprint density at radius 2 is 1.92 bits per heavy atom. The number of ether oxygens (including phenoxy) is 1. The first kappa shape index (κ1) is 18.4. The first-order chi connectivity index (χ1) is 11.3. The maximum absolute atomic E-state index is 12.2. The van der Waals surface area contributed by atoms with Crippen LogP contribution in [0, 0.1) is 5.92 Å². The third-order valence-electron chi connectivity index (χ3n) is 4.15. The van der Waals surface area contributed by atoms with E-state index in [9.17, 15) is 18.0 Å². The summed E-state index contributed by atoms with van der Waals surface area (Å²) in [6.07, 6.45) is 1.60. The van der Waals surface area contributed by atoms with Crippen LogP contribution in [0.15, 0.2) is 29.2 Å². The molecule has 1 aliphatic rings. The van der Waals surface area contributed by atoms with Gasteiger partial charge in [-0.25, -0.2) is 8.42 Å². The molecule has 0 aromatic heterocycles. The van der Waals surface area contributed by atoms with Gasteiger partial charge in [-0.05, 0) is 43.5 Å². The van der Waals surface area contributed by atoms with Gasteiger partial charge in [-0.3, -0.25) is 9.59 Å². The standard InChI is InChI=1S/C16H21NO6S/c1-23-8-9-24(21,22)14-6-3-11(4-7-14)15(18)17-13-5-2-12(10-13)16(19)20/h3-4,6-7,12-13H,2,5,8-10H2,1H3,(H,17,18)(H,19,20)/t12-,13+/m1/s1. The third kappa shape index (κ3) is 4.55. The van der Waals surface area contributed by atoms with E-state index in [2.05, 4.69) is 5.32 Å². The van der Waals surface area contributed by atoms with Crippen molar-refractivity contribution in [3.05, 3.63) is 29.8 Å². The van der Waals surface area contributed by atoms with Gasteiger partial charge in [0.1, 0.15) is 0 Å². The minimum absolute atomic E-state index is 0.108. The van der Waals surface area contributed by atoms with Crippen molar-refractivity contribution in [3.63, 3.8) is 0 Å². The SMILES string of the molecule is COCCS(=O)(=O)c1ccc(C(=O)N[C@H]2CC[C@@H](C(=O)O)C2)cc1. The van der Waals surface area contributed by atoms with Crippen LogP contribution in [0.25, 0.3) is 0 Å². The molecule has 1 amide bonds. The van der Waals surface area contributed by atoms with Crippen LogP contribution in [0.1, 0.15) is 29.6 Å². The summed E-state index contributed by atoms with van der Waals surface area (Å²) >= 11 is 0. The summed E-state index contributed by atoms with van der Waals surface area (Å²) in [6, 6.07) is 5.55. The molecule has 2 rings (SSSR count). The molecule has 1 saturated carbocycles. The number of carboxylic acid groups (broad SMARTS) is 1. The second kappa shape index (κ2) is 7.76. The van der Waals surface area contributed by atoms with E-state index in [1.807, 2.05) is 0 Å². The van der Waals surface area contributed by atoms with Gasteiger partial charge in [0.2, 0.25) is 0 Å². The van der Waals surface area contributed by atoms with Crippen molar-refractivity contribution in [1.82, 2.24) is 5.32 Å². The number of methoxy groups -OCH3 is 1. The fourth-order valence-electron chi connectivity index (χ4n) is 2.73. The van der Waals surface area contributed by atoms with E-state index in [0.717, 1.165) is 0 Å². The highest BCUT2D eigenvalue weighted by Gasteiger charge is 2.30. The number of aliphatic carboxylic acids is 1. The summed E-state index contributed by atoms with van der Waals surface area (Å²) in [5.41, 5.74) is 0.347. The average Bonchev–Trinajstić information content (AvgIpc) is 3.02. The predicted molar refractivity (Wildman–Crippen MR) is 86.6 cm³/mol. The van der Waals surface area contributed by atoms with E-state index in [1.54, 1.807) is 0 Å². The number of rotatable bonds is 7. The molecule has 1 aliphatic carbocycles. The van der Waals surface area contributed by atoms with Crippen LogP contribution in [0.5, 0.6) is 0 Å². The van der Waals surface area contributed by atoms with Gasteiger partial charge in [0.15, 0.2) is 9.84 Å². The molecule has 8 heteroatoms. The molecule has 0 unspecified atom stereocenters. The maximum Gasteiger partial charge on any atom is 0.306 e. The quantitative estimate of drug-likeness (QED) is 0.758. The monoisotopic (exact) mass is 355 g/mol. The summed E-state index contributed by atoms with van der Waals surface area (Å²) in [5.74, 6) is -1.69. The molecule has 0 spiro atoms. The highest BCUT2D eigenvalue weighted by molar-refractivity contribution is 7.91. The smallest absolute Gasteiger partial charge is 0.306 e. The summed E-state index contributed by atoms with van der Waals surface area (Å²) in [5, 5.41) is 11.8. The molecule has 132 valence electrons. The zero-order valence-corrected chi connectivity index (χ0v) is 14.2. The topological polar surface area (TPSA) is 110 Å². The van der Waals surface area contributed by atoms with Gasteiger partial charge in [-0.15, -0.1) is 0 Å². The van der Waals surface area contributed by atoms with E-state index >= 15 is 0 Å². The van der Waals surface area contributed by atoms with E-state index in [1.165, 1.54) is 31.4 Å². The first-order valence-electron chi connectivity index (χ1n) is 7.69. The van der Waals surface area contributed by atoms with Gasteiger partial charge in [0, 0.05) is 18.7 Å². The van der Waals surface area contributed by atoms with Gasteiger partial charge in [0.25, 0.3) is 5.91 Å². The van der Waals surface area contributed by atoms with Crippen LogP contribution in [0.4, 0.5) is 0 Å². The molecule has 1 fully saturated rings. The third-order valence-corrected chi connectivity index (χ3v) is 5.84. The minimum atomic E-state index is -3.43. The van der Waals surface area contributed by atoms with Crippen LogP contribution >= 0.6 is 0 Å². The zero-order chi connectivity index (χ0) is 17.7. The lowest BCUT2D eigenvalue weighted by Crippen LogP contribution is -2.33. The molecule has 24 heavy (non-hydrogen) atoms. The second-order valence-corrected chi connectivity index (χ2v) is 7.96. The molecule has 2 N–H and O–H groups in total. The normalized spacial score (nSPS) is 20.7.